The lowest BCUT2D eigenvalue weighted by atomic mass is 9.92. The summed E-state index contributed by atoms with van der Waals surface area (Å²) in [5.41, 5.74) is 13.6. The van der Waals surface area contributed by atoms with Gasteiger partial charge in [0.05, 0.1) is 11.4 Å². The lowest BCUT2D eigenvalue weighted by molar-refractivity contribution is 1.30. The van der Waals surface area contributed by atoms with Gasteiger partial charge in [-0.1, -0.05) is 121 Å². The molecule has 2 nitrogen and oxygen atoms in total. The normalized spacial score (nSPS) is 11.0. The maximum Gasteiger partial charge on any atom is 0.0788 e. The van der Waals surface area contributed by atoms with Crippen LogP contribution >= 0.6 is 0 Å². The van der Waals surface area contributed by atoms with Crippen molar-refractivity contribution < 1.29 is 0 Å². The van der Waals surface area contributed by atoms with E-state index < -0.39 is 0 Å². The van der Waals surface area contributed by atoms with Crippen LogP contribution in [0.1, 0.15) is 0 Å². The van der Waals surface area contributed by atoms with Gasteiger partial charge in [0.15, 0.2) is 0 Å². The molecule has 216 valence electrons. The molecule has 0 aliphatic heterocycles. The van der Waals surface area contributed by atoms with Gasteiger partial charge < -0.3 is 0 Å². The summed E-state index contributed by atoms with van der Waals surface area (Å²) < 4.78 is 0. The summed E-state index contributed by atoms with van der Waals surface area (Å²) in [7, 11) is 0. The number of aromatic nitrogens is 2. The standard InChI is InChI=1S/C44H30N2/c1-3-11-31(12-4-1)39-27-40(32-13-5-2-6-14-32)29-41(28-39)36-18-9-16-34(25-36)35-17-10-19-38(26-35)43-30-37-15-7-8-20-42(37)44(46-43)33-21-23-45-24-22-33/h1-30H. The molecular formula is C44H30N2. The highest BCUT2D eigenvalue weighted by Gasteiger charge is 2.12. The molecule has 0 atom stereocenters. The Labute approximate surface area is 269 Å². The molecule has 0 unspecified atom stereocenters. The van der Waals surface area contributed by atoms with Gasteiger partial charge in [-0.3, -0.25) is 4.98 Å². The first-order valence-electron chi connectivity index (χ1n) is 15.6. The van der Waals surface area contributed by atoms with Crippen molar-refractivity contribution in [1.82, 2.24) is 9.97 Å². The quantitative estimate of drug-likeness (QED) is 0.194. The SMILES string of the molecule is c1ccc(-c2cc(-c3ccccc3)cc(-c3cccc(-c4cccc(-c5cc6ccccc6c(-c6ccncc6)n5)c4)c3)c2)cc1. The molecule has 8 aromatic rings. The fourth-order valence-corrected chi connectivity index (χ4v) is 6.20. The summed E-state index contributed by atoms with van der Waals surface area (Å²) in [5, 5.41) is 2.30. The van der Waals surface area contributed by atoms with Gasteiger partial charge in [0, 0.05) is 28.9 Å². The average Bonchev–Trinajstić information content (AvgIpc) is 3.15. The van der Waals surface area contributed by atoms with Gasteiger partial charge in [0.25, 0.3) is 0 Å². The third kappa shape index (κ3) is 5.49. The first kappa shape index (κ1) is 27.4. The van der Waals surface area contributed by atoms with Crippen LogP contribution in [0.2, 0.25) is 0 Å². The van der Waals surface area contributed by atoms with E-state index in [4.69, 9.17) is 4.98 Å². The van der Waals surface area contributed by atoms with Gasteiger partial charge in [-0.25, -0.2) is 4.98 Å². The highest BCUT2D eigenvalue weighted by Crippen LogP contribution is 2.36. The largest absolute Gasteiger partial charge is 0.265 e. The maximum absolute atomic E-state index is 5.19. The summed E-state index contributed by atoms with van der Waals surface area (Å²) in [6.07, 6.45) is 3.65. The summed E-state index contributed by atoms with van der Waals surface area (Å²) in [5.74, 6) is 0. The average molecular weight is 587 g/mol. The lowest BCUT2D eigenvalue weighted by Crippen LogP contribution is -1.92. The molecule has 0 amide bonds. The molecule has 8 rings (SSSR count). The van der Waals surface area contributed by atoms with E-state index in [2.05, 4.69) is 163 Å². The van der Waals surface area contributed by atoms with Crippen LogP contribution in [0, 0.1) is 0 Å². The fraction of sp³-hybridized carbons (Fsp3) is 0. The number of rotatable bonds is 6. The molecule has 2 heteroatoms. The van der Waals surface area contributed by atoms with Crippen molar-refractivity contribution in [2.45, 2.75) is 0 Å². The minimum Gasteiger partial charge on any atom is -0.265 e. The zero-order valence-electron chi connectivity index (χ0n) is 25.2. The Balaban J connectivity index is 1.21. The van der Waals surface area contributed by atoms with E-state index >= 15 is 0 Å². The number of nitrogens with zero attached hydrogens (tertiary/aromatic N) is 2. The molecule has 46 heavy (non-hydrogen) atoms. The molecule has 0 bridgehead atoms. The van der Waals surface area contributed by atoms with E-state index in [9.17, 15) is 0 Å². The number of hydrogen-bond acceptors (Lipinski definition) is 2. The number of fused-ring (bicyclic) bond motifs is 1. The first-order chi connectivity index (χ1) is 22.8. The highest BCUT2D eigenvalue weighted by atomic mass is 14.7. The van der Waals surface area contributed by atoms with Gasteiger partial charge in [-0.15, -0.1) is 0 Å². The molecule has 0 radical (unpaired) electrons. The molecule has 0 N–H and O–H groups in total. The van der Waals surface area contributed by atoms with Crippen molar-refractivity contribution in [3.05, 3.63) is 182 Å². The topological polar surface area (TPSA) is 25.8 Å². The van der Waals surface area contributed by atoms with Gasteiger partial charge in [-0.05, 0) is 98.4 Å². The van der Waals surface area contributed by atoms with Gasteiger partial charge in [-0.2, -0.15) is 0 Å². The molecule has 0 saturated heterocycles. The molecule has 0 aliphatic rings. The van der Waals surface area contributed by atoms with Gasteiger partial charge in [0.2, 0.25) is 0 Å². The third-order valence-electron chi connectivity index (χ3n) is 8.53. The van der Waals surface area contributed by atoms with Crippen molar-refractivity contribution in [3.8, 4) is 67.0 Å². The molecule has 6 aromatic carbocycles. The Morgan fingerprint density at radius 2 is 0.761 bits per heavy atom. The van der Waals surface area contributed by atoms with Crippen LogP contribution in [0.3, 0.4) is 0 Å². The molecule has 0 aliphatic carbocycles. The van der Waals surface area contributed by atoms with Crippen LogP contribution in [0.15, 0.2) is 182 Å². The van der Waals surface area contributed by atoms with Crippen LogP contribution in [0.25, 0.3) is 77.8 Å². The predicted octanol–water partition coefficient (Wildman–Crippen LogP) is 11.6. The Morgan fingerprint density at radius 3 is 1.39 bits per heavy atom. The monoisotopic (exact) mass is 586 g/mol. The molecule has 0 saturated carbocycles. The Kier molecular flexibility index (Phi) is 7.22. The van der Waals surface area contributed by atoms with Crippen molar-refractivity contribution in [2.75, 3.05) is 0 Å². The first-order valence-corrected chi connectivity index (χ1v) is 15.6. The highest BCUT2D eigenvalue weighted by molar-refractivity contribution is 5.97. The van der Waals surface area contributed by atoms with E-state index in [-0.39, 0.29) is 0 Å². The minimum absolute atomic E-state index is 0.951. The van der Waals surface area contributed by atoms with E-state index in [1.807, 2.05) is 24.5 Å². The third-order valence-corrected chi connectivity index (χ3v) is 8.53. The predicted molar refractivity (Wildman–Crippen MR) is 192 cm³/mol. The summed E-state index contributed by atoms with van der Waals surface area (Å²) in [4.78, 5) is 9.41. The number of benzene rings is 6. The fourth-order valence-electron chi connectivity index (χ4n) is 6.20. The van der Waals surface area contributed by atoms with Crippen molar-refractivity contribution in [2.24, 2.45) is 0 Å². The lowest BCUT2D eigenvalue weighted by Gasteiger charge is -2.13. The van der Waals surface area contributed by atoms with E-state index in [0.717, 1.165) is 33.5 Å². The Hall–Kier alpha value is -6.12. The van der Waals surface area contributed by atoms with Crippen LogP contribution in [0.4, 0.5) is 0 Å². The molecule has 2 heterocycles. The number of pyridine rings is 2. The molecular weight excluding hydrogens is 556 g/mol. The second kappa shape index (κ2) is 12.1. The second-order valence-corrected chi connectivity index (χ2v) is 11.5. The zero-order valence-corrected chi connectivity index (χ0v) is 25.2. The molecule has 0 fully saturated rings. The van der Waals surface area contributed by atoms with Crippen LogP contribution in [-0.4, -0.2) is 9.97 Å². The van der Waals surface area contributed by atoms with E-state index in [1.54, 1.807) is 0 Å². The maximum atomic E-state index is 5.19. The van der Waals surface area contributed by atoms with Crippen LogP contribution in [-0.2, 0) is 0 Å². The second-order valence-electron chi connectivity index (χ2n) is 11.5. The van der Waals surface area contributed by atoms with E-state index in [0.29, 0.717) is 0 Å². The van der Waals surface area contributed by atoms with Gasteiger partial charge >= 0.3 is 0 Å². The van der Waals surface area contributed by atoms with Crippen molar-refractivity contribution in [3.63, 3.8) is 0 Å². The van der Waals surface area contributed by atoms with Crippen molar-refractivity contribution in [1.29, 1.82) is 0 Å². The van der Waals surface area contributed by atoms with Crippen LogP contribution in [0.5, 0.6) is 0 Å². The zero-order chi connectivity index (χ0) is 30.7. The summed E-state index contributed by atoms with van der Waals surface area (Å²) >= 11 is 0. The van der Waals surface area contributed by atoms with Crippen LogP contribution < -0.4 is 0 Å². The van der Waals surface area contributed by atoms with Crippen molar-refractivity contribution >= 4 is 10.8 Å². The number of hydrogen-bond donors (Lipinski definition) is 0. The molecule has 0 spiro atoms. The van der Waals surface area contributed by atoms with Gasteiger partial charge in [0.1, 0.15) is 0 Å². The summed E-state index contributed by atoms with van der Waals surface area (Å²) in [6.45, 7) is 0. The minimum atomic E-state index is 0.951. The smallest absolute Gasteiger partial charge is 0.0788 e. The van der Waals surface area contributed by atoms with E-state index in [1.165, 1.54) is 44.3 Å². The Morgan fingerprint density at radius 1 is 0.304 bits per heavy atom. The molecule has 2 aromatic heterocycles. The summed E-state index contributed by atoms with van der Waals surface area (Å²) in [6, 6.07) is 60.4. The Bertz CT molecular complexity index is 2230.